The van der Waals surface area contributed by atoms with Crippen molar-refractivity contribution in [2.45, 2.75) is 25.3 Å². The summed E-state index contributed by atoms with van der Waals surface area (Å²) in [5.74, 6) is 0.842. The van der Waals surface area contributed by atoms with Gasteiger partial charge in [-0.05, 0) is 24.0 Å². The first-order valence-corrected chi connectivity index (χ1v) is 4.99. The van der Waals surface area contributed by atoms with Gasteiger partial charge in [0.05, 0.1) is 5.02 Å². The lowest BCUT2D eigenvalue weighted by Crippen LogP contribution is -2.11. The zero-order valence-electron chi connectivity index (χ0n) is 7.41. The molecule has 70 valence electrons. The molecule has 0 saturated heterocycles. The number of nitrogens with two attached hydrogens (primary N) is 1. The van der Waals surface area contributed by atoms with E-state index in [2.05, 4.69) is 4.98 Å². The normalized spacial score (nSPS) is 18.6. The minimum Gasteiger partial charge on any atom is -0.324 e. The Morgan fingerprint density at radius 3 is 2.92 bits per heavy atom. The molecular formula is C10H13ClN2. The average Bonchev–Trinajstić information content (AvgIpc) is 2.88. The van der Waals surface area contributed by atoms with E-state index in [9.17, 15) is 0 Å². The molecule has 1 heterocycles. The molecule has 2 nitrogen and oxygen atoms in total. The molecule has 0 aromatic carbocycles. The highest BCUT2D eigenvalue weighted by Crippen LogP contribution is 2.36. The summed E-state index contributed by atoms with van der Waals surface area (Å²) in [7, 11) is 0. The quantitative estimate of drug-likeness (QED) is 0.807. The number of hydrogen-bond donors (Lipinski definition) is 1. The van der Waals surface area contributed by atoms with Gasteiger partial charge in [0.15, 0.2) is 0 Å². The summed E-state index contributed by atoms with van der Waals surface area (Å²) in [5, 5.41) is 0.670. The Morgan fingerprint density at radius 2 is 2.31 bits per heavy atom. The molecule has 2 N–H and O–H groups in total. The van der Waals surface area contributed by atoms with E-state index in [1.165, 1.54) is 12.8 Å². The highest BCUT2D eigenvalue weighted by atomic mass is 35.5. The van der Waals surface area contributed by atoms with Crippen LogP contribution in [0.15, 0.2) is 18.5 Å². The Morgan fingerprint density at radius 1 is 1.54 bits per heavy atom. The van der Waals surface area contributed by atoms with Gasteiger partial charge in [-0.3, -0.25) is 4.98 Å². The van der Waals surface area contributed by atoms with Crippen LogP contribution in [0.4, 0.5) is 0 Å². The number of rotatable bonds is 3. The third-order valence-corrected chi connectivity index (χ3v) is 2.65. The molecule has 1 aromatic rings. The summed E-state index contributed by atoms with van der Waals surface area (Å²) in [6, 6.07) is 2.01. The fourth-order valence-corrected chi connectivity index (χ4v) is 1.66. The van der Waals surface area contributed by atoms with Crippen molar-refractivity contribution in [3.8, 4) is 0 Å². The van der Waals surface area contributed by atoms with Crippen molar-refractivity contribution in [1.82, 2.24) is 4.98 Å². The van der Waals surface area contributed by atoms with Crippen molar-refractivity contribution in [3.63, 3.8) is 0 Å². The lowest BCUT2D eigenvalue weighted by Gasteiger charge is -2.10. The summed E-state index contributed by atoms with van der Waals surface area (Å²) < 4.78 is 0. The van der Waals surface area contributed by atoms with Gasteiger partial charge < -0.3 is 5.73 Å². The number of aromatic nitrogens is 1. The van der Waals surface area contributed by atoms with E-state index in [4.69, 9.17) is 17.3 Å². The van der Waals surface area contributed by atoms with Crippen LogP contribution in [-0.4, -0.2) is 4.98 Å². The Bertz CT molecular complexity index is 297. The van der Waals surface area contributed by atoms with E-state index in [1.807, 2.05) is 6.07 Å². The number of nitrogens with zero attached hydrogens (tertiary/aromatic N) is 1. The molecule has 0 unspecified atom stereocenters. The first kappa shape index (κ1) is 8.97. The zero-order chi connectivity index (χ0) is 9.26. The number of hydrogen-bond acceptors (Lipinski definition) is 2. The third kappa shape index (κ3) is 2.42. The predicted molar refractivity (Wildman–Crippen MR) is 53.5 cm³/mol. The van der Waals surface area contributed by atoms with Crippen molar-refractivity contribution in [2.24, 2.45) is 11.7 Å². The van der Waals surface area contributed by atoms with Crippen molar-refractivity contribution < 1.29 is 0 Å². The van der Waals surface area contributed by atoms with Gasteiger partial charge in [-0.25, -0.2) is 0 Å². The van der Waals surface area contributed by atoms with Crippen LogP contribution < -0.4 is 5.73 Å². The van der Waals surface area contributed by atoms with Gasteiger partial charge >= 0.3 is 0 Å². The van der Waals surface area contributed by atoms with Gasteiger partial charge in [0.2, 0.25) is 0 Å². The third-order valence-electron chi connectivity index (χ3n) is 2.44. The Kier molecular flexibility index (Phi) is 2.51. The Labute approximate surface area is 83.1 Å². The molecule has 13 heavy (non-hydrogen) atoms. The SMILES string of the molecule is N[C@H](CC1CC1)c1cncc(Cl)c1. The minimum atomic E-state index is 0.110. The second kappa shape index (κ2) is 3.64. The largest absolute Gasteiger partial charge is 0.324 e. The van der Waals surface area contributed by atoms with Gasteiger partial charge in [0, 0.05) is 18.4 Å². The lowest BCUT2D eigenvalue weighted by molar-refractivity contribution is 0.595. The van der Waals surface area contributed by atoms with Gasteiger partial charge in [-0.1, -0.05) is 24.4 Å². The van der Waals surface area contributed by atoms with Crippen molar-refractivity contribution >= 4 is 11.6 Å². The minimum absolute atomic E-state index is 0.110. The van der Waals surface area contributed by atoms with Crippen LogP contribution in [0, 0.1) is 5.92 Å². The zero-order valence-corrected chi connectivity index (χ0v) is 8.17. The molecule has 1 aromatic heterocycles. The number of halogens is 1. The molecule has 0 aliphatic heterocycles. The van der Waals surface area contributed by atoms with Crippen molar-refractivity contribution in [3.05, 3.63) is 29.0 Å². The molecule has 1 saturated carbocycles. The molecule has 0 bridgehead atoms. The number of pyridine rings is 1. The lowest BCUT2D eigenvalue weighted by atomic mass is 10.0. The van der Waals surface area contributed by atoms with Crippen molar-refractivity contribution in [1.29, 1.82) is 0 Å². The second-order valence-corrected chi connectivity index (χ2v) is 4.16. The topological polar surface area (TPSA) is 38.9 Å². The van der Waals surface area contributed by atoms with Gasteiger partial charge in [0.25, 0.3) is 0 Å². The summed E-state index contributed by atoms with van der Waals surface area (Å²) >= 11 is 5.82. The van der Waals surface area contributed by atoms with Crippen LogP contribution in [0.1, 0.15) is 30.9 Å². The highest BCUT2D eigenvalue weighted by Gasteiger charge is 2.24. The summed E-state index contributed by atoms with van der Waals surface area (Å²) in [4.78, 5) is 4.02. The van der Waals surface area contributed by atoms with Gasteiger partial charge in [-0.2, -0.15) is 0 Å². The van der Waals surface area contributed by atoms with Gasteiger partial charge in [-0.15, -0.1) is 0 Å². The summed E-state index contributed by atoms with van der Waals surface area (Å²) in [6.07, 6.45) is 7.18. The molecule has 2 rings (SSSR count). The van der Waals surface area contributed by atoms with Gasteiger partial charge in [0.1, 0.15) is 0 Å². The predicted octanol–water partition coefficient (Wildman–Crippen LogP) is 2.53. The first-order valence-electron chi connectivity index (χ1n) is 4.62. The van der Waals surface area contributed by atoms with Crippen LogP contribution in [0.5, 0.6) is 0 Å². The standard InChI is InChI=1S/C10H13ClN2/c11-9-4-8(5-13-6-9)10(12)3-7-1-2-7/h4-7,10H,1-3,12H2/t10-/m1/s1. The van der Waals surface area contributed by atoms with Crippen LogP contribution >= 0.6 is 11.6 Å². The molecule has 1 fully saturated rings. The van der Waals surface area contributed by atoms with Crippen molar-refractivity contribution in [2.75, 3.05) is 0 Å². The molecule has 3 heteroatoms. The molecule has 1 atom stereocenters. The molecule has 0 amide bonds. The van der Waals surface area contributed by atoms with Crippen LogP contribution in [0.25, 0.3) is 0 Å². The smallest absolute Gasteiger partial charge is 0.0592 e. The maximum Gasteiger partial charge on any atom is 0.0592 e. The van der Waals surface area contributed by atoms with E-state index in [0.717, 1.165) is 17.9 Å². The van der Waals surface area contributed by atoms with E-state index in [0.29, 0.717) is 5.02 Å². The Balaban J connectivity index is 2.04. The summed E-state index contributed by atoms with van der Waals surface area (Å²) in [5.41, 5.74) is 7.06. The van der Waals surface area contributed by atoms with E-state index < -0.39 is 0 Å². The van der Waals surface area contributed by atoms with Crippen LogP contribution in [0.3, 0.4) is 0 Å². The van der Waals surface area contributed by atoms with E-state index in [-0.39, 0.29) is 6.04 Å². The maximum atomic E-state index is 6.01. The van der Waals surface area contributed by atoms with E-state index >= 15 is 0 Å². The van der Waals surface area contributed by atoms with Crippen LogP contribution in [0.2, 0.25) is 5.02 Å². The molecular weight excluding hydrogens is 184 g/mol. The van der Waals surface area contributed by atoms with E-state index in [1.54, 1.807) is 12.4 Å². The monoisotopic (exact) mass is 196 g/mol. The maximum absolute atomic E-state index is 6.01. The molecule has 1 aliphatic carbocycles. The average molecular weight is 197 g/mol. The highest BCUT2D eigenvalue weighted by molar-refractivity contribution is 6.30. The first-order chi connectivity index (χ1) is 6.25. The fourth-order valence-electron chi connectivity index (χ4n) is 1.48. The molecule has 0 spiro atoms. The summed E-state index contributed by atoms with van der Waals surface area (Å²) in [6.45, 7) is 0. The Hall–Kier alpha value is -0.600. The molecule has 1 aliphatic rings. The van der Waals surface area contributed by atoms with Crippen LogP contribution in [-0.2, 0) is 0 Å². The second-order valence-electron chi connectivity index (χ2n) is 3.72. The fraction of sp³-hybridized carbons (Fsp3) is 0.500. The molecule has 0 radical (unpaired) electrons.